The van der Waals surface area contributed by atoms with Gasteiger partial charge in [-0.1, -0.05) is 12.1 Å². The minimum atomic E-state index is -0.242. The van der Waals surface area contributed by atoms with Crippen LogP contribution in [0.1, 0.15) is 38.8 Å². The number of likely N-dealkylation sites (tertiary alicyclic amines) is 1. The Kier molecular flexibility index (Phi) is 4.26. The Balaban J connectivity index is 1.91. The lowest BCUT2D eigenvalue weighted by molar-refractivity contribution is -0.140. The fraction of sp³-hybridized carbons (Fsp3) is 0.615. The molecule has 2 amide bonds. The first-order valence-electron chi connectivity index (χ1n) is 6.70. The molecule has 0 radical (unpaired) electrons. The molecule has 20 heavy (non-hydrogen) atoms. The number of nitrogens with zero attached hydrogens (tertiary/aromatic N) is 4. The highest BCUT2D eigenvalue weighted by molar-refractivity contribution is 6.03. The first kappa shape index (κ1) is 14.4. The maximum atomic E-state index is 11.8. The predicted molar refractivity (Wildman–Crippen MR) is 69.3 cm³/mol. The molecule has 7 nitrogen and oxygen atoms in total. The number of Topliss-reactive ketones (excluding diaryl/α,β-unsaturated/α-hetero) is 1. The fourth-order valence-corrected chi connectivity index (χ4v) is 2.19. The van der Waals surface area contributed by atoms with Gasteiger partial charge in [-0.05, 0) is 13.3 Å². The van der Waals surface area contributed by atoms with Crippen LogP contribution in [0, 0.1) is 5.92 Å². The zero-order valence-corrected chi connectivity index (χ0v) is 11.7. The second-order valence-electron chi connectivity index (χ2n) is 5.20. The number of aromatic nitrogens is 3. The van der Waals surface area contributed by atoms with Crippen LogP contribution in [-0.2, 0) is 27.5 Å². The van der Waals surface area contributed by atoms with Crippen LogP contribution in [0.3, 0.4) is 0 Å². The number of aryl methyl sites for hydroxylation is 1. The molecule has 0 N–H and O–H groups in total. The van der Waals surface area contributed by atoms with E-state index in [1.807, 2.05) is 0 Å². The minimum absolute atomic E-state index is 0.146. The van der Waals surface area contributed by atoms with Crippen molar-refractivity contribution in [3.05, 3.63) is 11.9 Å². The molecule has 1 aromatic rings. The molecule has 1 aliphatic rings. The van der Waals surface area contributed by atoms with Gasteiger partial charge < -0.3 is 4.79 Å². The van der Waals surface area contributed by atoms with Gasteiger partial charge in [0.15, 0.2) is 0 Å². The fourth-order valence-electron chi connectivity index (χ4n) is 2.19. The monoisotopic (exact) mass is 278 g/mol. The van der Waals surface area contributed by atoms with Gasteiger partial charge in [0, 0.05) is 25.3 Å². The van der Waals surface area contributed by atoms with Gasteiger partial charge >= 0.3 is 0 Å². The van der Waals surface area contributed by atoms with Crippen molar-refractivity contribution in [1.29, 1.82) is 0 Å². The first-order valence-corrected chi connectivity index (χ1v) is 6.70. The molecule has 2 heterocycles. The summed E-state index contributed by atoms with van der Waals surface area (Å²) in [6.07, 6.45) is 3.20. The van der Waals surface area contributed by atoms with Crippen LogP contribution >= 0.6 is 0 Å². The maximum Gasteiger partial charge on any atom is 0.232 e. The average Bonchev–Trinajstić information content (AvgIpc) is 2.90. The van der Waals surface area contributed by atoms with E-state index >= 15 is 0 Å². The van der Waals surface area contributed by atoms with Crippen molar-refractivity contribution < 1.29 is 14.4 Å². The van der Waals surface area contributed by atoms with Crippen LogP contribution < -0.4 is 0 Å². The largest absolute Gasteiger partial charge is 0.300 e. The van der Waals surface area contributed by atoms with E-state index in [1.54, 1.807) is 24.7 Å². The summed E-state index contributed by atoms with van der Waals surface area (Å²) in [4.78, 5) is 35.5. The van der Waals surface area contributed by atoms with E-state index in [0.717, 1.165) is 0 Å². The van der Waals surface area contributed by atoms with Crippen molar-refractivity contribution in [2.45, 2.75) is 46.2 Å². The maximum absolute atomic E-state index is 11.8. The third kappa shape index (κ3) is 3.28. The Morgan fingerprint density at radius 3 is 2.80 bits per heavy atom. The molecule has 0 aliphatic carbocycles. The quantitative estimate of drug-likeness (QED) is 0.709. The number of rotatable bonds is 6. The third-order valence-electron chi connectivity index (χ3n) is 3.29. The van der Waals surface area contributed by atoms with E-state index < -0.39 is 0 Å². The second kappa shape index (κ2) is 5.94. The molecular formula is C13H18N4O3. The van der Waals surface area contributed by atoms with Crippen LogP contribution in [-0.4, -0.2) is 37.5 Å². The average molecular weight is 278 g/mol. The molecule has 7 heteroatoms. The third-order valence-corrected chi connectivity index (χ3v) is 3.29. The smallest absolute Gasteiger partial charge is 0.232 e. The number of carbonyl (C=O) groups excluding carboxylic acids is 3. The molecular weight excluding hydrogens is 260 g/mol. The summed E-state index contributed by atoms with van der Waals surface area (Å²) in [5.41, 5.74) is 0.587. The van der Waals surface area contributed by atoms with Crippen molar-refractivity contribution in [1.82, 2.24) is 19.9 Å². The zero-order valence-electron chi connectivity index (χ0n) is 11.7. The van der Waals surface area contributed by atoms with Crippen LogP contribution in [0.2, 0.25) is 0 Å². The molecule has 0 saturated carbocycles. The standard InChI is InChI=1S/C13H18N4O3/c1-9-6-12(19)17(13(9)20)8-11-7-16(15-14-11)5-3-4-10(2)18/h7,9H,3-6,8H2,1-2H3. The van der Waals surface area contributed by atoms with Crippen molar-refractivity contribution in [3.8, 4) is 0 Å². The lowest BCUT2D eigenvalue weighted by Gasteiger charge is -2.11. The molecule has 108 valence electrons. The van der Waals surface area contributed by atoms with E-state index in [2.05, 4.69) is 10.3 Å². The highest BCUT2D eigenvalue weighted by Gasteiger charge is 2.35. The lowest BCUT2D eigenvalue weighted by Crippen LogP contribution is -2.29. The number of ketones is 1. The van der Waals surface area contributed by atoms with E-state index in [-0.39, 0.29) is 36.5 Å². The van der Waals surface area contributed by atoms with Crippen LogP contribution in [0.25, 0.3) is 0 Å². The van der Waals surface area contributed by atoms with Gasteiger partial charge in [0.05, 0.1) is 12.7 Å². The number of hydrogen-bond acceptors (Lipinski definition) is 5. The topological polar surface area (TPSA) is 85.2 Å². The summed E-state index contributed by atoms with van der Waals surface area (Å²) < 4.78 is 1.63. The summed E-state index contributed by atoms with van der Waals surface area (Å²) >= 11 is 0. The van der Waals surface area contributed by atoms with Gasteiger partial charge in [-0.25, -0.2) is 0 Å². The summed E-state index contributed by atoms with van der Waals surface area (Å²) in [6.45, 7) is 4.08. The SMILES string of the molecule is CC(=O)CCCn1cc(CN2C(=O)CC(C)C2=O)nn1. The Morgan fingerprint density at radius 1 is 1.45 bits per heavy atom. The minimum Gasteiger partial charge on any atom is -0.300 e. The Bertz CT molecular complexity index is 537. The predicted octanol–water partition coefficient (Wildman–Crippen LogP) is 0.542. The Morgan fingerprint density at radius 2 is 2.20 bits per heavy atom. The highest BCUT2D eigenvalue weighted by Crippen LogP contribution is 2.20. The molecule has 1 atom stereocenters. The molecule has 0 bridgehead atoms. The molecule has 0 aromatic carbocycles. The molecule has 2 rings (SSSR count). The zero-order chi connectivity index (χ0) is 14.7. The van der Waals surface area contributed by atoms with Gasteiger partial charge in [0.25, 0.3) is 0 Å². The summed E-state index contributed by atoms with van der Waals surface area (Å²) in [6, 6.07) is 0. The van der Waals surface area contributed by atoms with Gasteiger partial charge in [0.2, 0.25) is 11.8 Å². The van der Waals surface area contributed by atoms with E-state index in [9.17, 15) is 14.4 Å². The summed E-state index contributed by atoms with van der Waals surface area (Å²) in [5, 5.41) is 7.88. The van der Waals surface area contributed by atoms with Gasteiger partial charge in [-0.3, -0.25) is 19.2 Å². The Hall–Kier alpha value is -2.05. The molecule has 1 aliphatic heterocycles. The summed E-state index contributed by atoms with van der Waals surface area (Å²) in [5.74, 6) is -0.407. The highest BCUT2D eigenvalue weighted by atomic mass is 16.2. The van der Waals surface area contributed by atoms with Crippen molar-refractivity contribution in [2.24, 2.45) is 5.92 Å². The molecule has 1 unspecified atom stereocenters. The second-order valence-corrected chi connectivity index (χ2v) is 5.20. The van der Waals surface area contributed by atoms with Crippen LogP contribution in [0.15, 0.2) is 6.20 Å². The van der Waals surface area contributed by atoms with Gasteiger partial charge in [0.1, 0.15) is 11.5 Å². The van der Waals surface area contributed by atoms with Crippen molar-refractivity contribution >= 4 is 17.6 Å². The number of hydrogen-bond donors (Lipinski definition) is 0. The van der Waals surface area contributed by atoms with E-state index in [1.165, 1.54) is 4.90 Å². The van der Waals surface area contributed by atoms with Crippen molar-refractivity contribution in [3.63, 3.8) is 0 Å². The van der Waals surface area contributed by atoms with Crippen LogP contribution in [0.4, 0.5) is 0 Å². The van der Waals surface area contributed by atoms with Gasteiger partial charge in [-0.2, -0.15) is 0 Å². The van der Waals surface area contributed by atoms with Crippen molar-refractivity contribution in [2.75, 3.05) is 0 Å². The number of amides is 2. The van der Waals surface area contributed by atoms with Gasteiger partial charge in [-0.15, -0.1) is 5.10 Å². The molecule has 0 spiro atoms. The molecule has 1 aromatic heterocycles. The normalized spacial score (nSPS) is 18.9. The van der Waals surface area contributed by atoms with E-state index in [0.29, 0.717) is 25.1 Å². The summed E-state index contributed by atoms with van der Waals surface area (Å²) in [7, 11) is 0. The first-order chi connectivity index (χ1) is 9.47. The molecule has 1 saturated heterocycles. The molecule has 1 fully saturated rings. The van der Waals surface area contributed by atoms with E-state index in [4.69, 9.17) is 0 Å². The Labute approximate surface area is 116 Å². The van der Waals surface area contributed by atoms with Crippen LogP contribution in [0.5, 0.6) is 0 Å². The number of carbonyl (C=O) groups is 3. The number of imide groups is 1. The lowest BCUT2D eigenvalue weighted by atomic mass is 10.1.